The topological polar surface area (TPSA) is 34.1 Å². The van der Waals surface area contributed by atoms with E-state index in [1.54, 1.807) is 0 Å². The van der Waals surface area contributed by atoms with Gasteiger partial charge in [0, 0.05) is 11.1 Å². The molecule has 0 fully saturated rings. The fourth-order valence-corrected chi connectivity index (χ4v) is 3.76. The summed E-state index contributed by atoms with van der Waals surface area (Å²) in [7, 11) is 0. The highest BCUT2D eigenvalue weighted by Gasteiger charge is 2.11. The lowest BCUT2D eigenvalue weighted by Gasteiger charge is -2.13. The molecule has 4 aromatic carbocycles. The zero-order valence-electron chi connectivity index (χ0n) is 15.4. The molecule has 4 rings (SSSR count). The van der Waals surface area contributed by atoms with Gasteiger partial charge in [0.15, 0.2) is 12.6 Å². The summed E-state index contributed by atoms with van der Waals surface area (Å²) < 4.78 is 0. The molecule has 132 valence electrons. The first-order valence-corrected chi connectivity index (χ1v) is 9.12. The highest BCUT2D eigenvalue weighted by Crippen LogP contribution is 2.33. The molecular weight excluding hydrogens is 332 g/mol. The molecule has 0 saturated carbocycles. The second-order valence-electron chi connectivity index (χ2n) is 7.18. The van der Waals surface area contributed by atoms with Gasteiger partial charge in [0.2, 0.25) is 0 Å². The van der Waals surface area contributed by atoms with Crippen LogP contribution in [0.15, 0.2) is 66.7 Å². The fourth-order valence-electron chi connectivity index (χ4n) is 3.76. The normalized spacial score (nSPS) is 11.2. The van der Waals surface area contributed by atoms with Crippen molar-refractivity contribution >= 4 is 34.1 Å². The summed E-state index contributed by atoms with van der Waals surface area (Å²) in [5.74, 6) is 0.384. The molecule has 0 N–H and O–H groups in total. The molecular formula is C25H20O2. The van der Waals surface area contributed by atoms with Gasteiger partial charge in [-0.05, 0) is 56.3 Å². The van der Waals surface area contributed by atoms with Crippen molar-refractivity contribution in [3.8, 4) is 11.1 Å². The Morgan fingerprint density at radius 2 is 1.33 bits per heavy atom. The van der Waals surface area contributed by atoms with Crippen LogP contribution in [-0.2, 0) is 0 Å². The van der Waals surface area contributed by atoms with E-state index in [4.69, 9.17) is 0 Å². The number of rotatable bonds is 4. The van der Waals surface area contributed by atoms with Gasteiger partial charge in [-0.1, -0.05) is 68.4 Å². The van der Waals surface area contributed by atoms with Gasteiger partial charge in [0.05, 0.1) is 0 Å². The lowest BCUT2D eigenvalue weighted by atomic mass is 9.91. The number of hydrogen-bond donors (Lipinski definition) is 0. The van der Waals surface area contributed by atoms with Crippen LogP contribution in [0.1, 0.15) is 46.0 Å². The van der Waals surface area contributed by atoms with Gasteiger partial charge >= 0.3 is 0 Å². The number of benzene rings is 4. The van der Waals surface area contributed by atoms with Crippen LogP contribution >= 0.6 is 0 Å². The van der Waals surface area contributed by atoms with Crippen LogP contribution < -0.4 is 0 Å². The molecule has 0 heterocycles. The lowest BCUT2D eigenvalue weighted by molar-refractivity contribution is 0.111. The van der Waals surface area contributed by atoms with Gasteiger partial charge in [-0.3, -0.25) is 9.59 Å². The zero-order valence-corrected chi connectivity index (χ0v) is 15.4. The molecule has 4 aromatic rings. The van der Waals surface area contributed by atoms with Gasteiger partial charge in [0.25, 0.3) is 0 Å². The van der Waals surface area contributed by atoms with Crippen LogP contribution in [0.4, 0.5) is 0 Å². The van der Waals surface area contributed by atoms with Gasteiger partial charge < -0.3 is 0 Å². The maximum absolute atomic E-state index is 11.6. The Kier molecular flexibility index (Phi) is 4.33. The standard InChI is InChI=1S/C25H20O2/c1-16(2)22-10-9-21(15-27)25-13-19(8-11-23(22)25)18-7-6-17-4-3-5-20(14-26)24(17)12-18/h3-16H,1-2H3. The second kappa shape index (κ2) is 6.81. The van der Waals surface area contributed by atoms with Crippen molar-refractivity contribution in [2.45, 2.75) is 19.8 Å². The van der Waals surface area contributed by atoms with Crippen LogP contribution in [0.3, 0.4) is 0 Å². The predicted molar refractivity (Wildman–Crippen MR) is 112 cm³/mol. The molecule has 2 nitrogen and oxygen atoms in total. The lowest BCUT2D eigenvalue weighted by Crippen LogP contribution is -1.93. The first kappa shape index (κ1) is 17.2. The Labute approximate surface area is 158 Å². The number of hydrogen-bond acceptors (Lipinski definition) is 2. The van der Waals surface area contributed by atoms with Crippen molar-refractivity contribution in [1.82, 2.24) is 0 Å². The van der Waals surface area contributed by atoms with E-state index in [2.05, 4.69) is 38.1 Å². The molecule has 0 radical (unpaired) electrons. The van der Waals surface area contributed by atoms with E-state index in [-0.39, 0.29) is 0 Å². The Morgan fingerprint density at radius 1 is 0.667 bits per heavy atom. The fraction of sp³-hybridized carbons (Fsp3) is 0.120. The minimum atomic E-state index is 0.384. The van der Waals surface area contributed by atoms with Crippen molar-refractivity contribution < 1.29 is 9.59 Å². The third kappa shape index (κ3) is 2.93. The van der Waals surface area contributed by atoms with Crippen LogP contribution in [0.25, 0.3) is 32.7 Å². The third-order valence-electron chi connectivity index (χ3n) is 5.21. The first-order valence-electron chi connectivity index (χ1n) is 9.12. The first-order chi connectivity index (χ1) is 13.1. The van der Waals surface area contributed by atoms with E-state index < -0.39 is 0 Å². The summed E-state index contributed by atoms with van der Waals surface area (Å²) in [6, 6.07) is 22.1. The molecule has 0 atom stereocenters. The zero-order chi connectivity index (χ0) is 19.0. The summed E-state index contributed by atoms with van der Waals surface area (Å²) in [6.45, 7) is 4.32. The van der Waals surface area contributed by atoms with Gasteiger partial charge in [-0.15, -0.1) is 0 Å². The summed E-state index contributed by atoms with van der Waals surface area (Å²) in [5, 5.41) is 4.07. The molecule has 2 heteroatoms. The predicted octanol–water partition coefficient (Wildman–Crippen LogP) is 6.41. The Morgan fingerprint density at radius 3 is 2.04 bits per heavy atom. The van der Waals surface area contributed by atoms with E-state index in [9.17, 15) is 9.59 Å². The van der Waals surface area contributed by atoms with Crippen molar-refractivity contribution in [1.29, 1.82) is 0 Å². The van der Waals surface area contributed by atoms with Crippen LogP contribution in [0, 0.1) is 0 Å². The Hall–Kier alpha value is -3.26. The molecule has 0 aromatic heterocycles. The largest absolute Gasteiger partial charge is 0.298 e. The Balaban J connectivity index is 1.95. The van der Waals surface area contributed by atoms with E-state index in [0.29, 0.717) is 17.0 Å². The molecule has 0 unspecified atom stereocenters. The van der Waals surface area contributed by atoms with E-state index in [1.165, 1.54) is 5.56 Å². The van der Waals surface area contributed by atoms with Crippen LogP contribution in [0.5, 0.6) is 0 Å². The maximum atomic E-state index is 11.6. The molecule has 27 heavy (non-hydrogen) atoms. The Bertz CT molecular complexity index is 1190. The summed E-state index contributed by atoms with van der Waals surface area (Å²) in [6.07, 6.45) is 1.81. The quantitative estimate of drug-likeness (QED) is 0.398. The molecule has 0 aliphatic rings. The van der Waals surface area contributed by atoms with Crippen molar-refractivity contribution in [2.24, 2.45) is 0 Å². The smallest absolute Gasteiger partial charge is 0.150 e. The van der Waals surface area contributed by atoms with Crippen molar-refractivity contribution in [2.75, 3.05) is 0 Å². The van der Waals surface area contributed by atoms with E-state index >= 15 is 0 Å². The molecule has 0 aliphatic heterocycles. The SMILES string of the molecule is CC(C)c1ccc(C=O)c2cc(-c3ccc4cccc(C=O)c4c3)ccc12. The summed E-state index contributed by atoms with van der Waals surface area (Å²) >= 11 is 0. The second-order valence-corrected chi connectivity index (χ2v) is 7.18. The highest BCUT2D eigenvalue weighted by molar-refractivity contribution is 6.03. The van der Waals surface area contributed by atoms with E-state index in [1.807, 2.05) is 42.5 Å². The van der Waals surface area contributed by atoms with Crippen LogP contribution in [-0.4, -0.2) is 12.6 Å². The highest BCUT2D eigenvalue weighted by atomic mass is 16.1. The number of fused-ring (bicyclic) bond motifs is 2. The average molecular weight is 352 g/mol. The monoisotopic (exact) mass is 352 g/mol. The number of carbonyl (C=O) groups is 2. The summed E-state index contributed by atoms with van der Waals surface area (Å²) in [4.78, 5) is 23.0. The molecule has 0 aliphatic carbocycles. The number of carbonyl (C=O) groups excluding carboxylic acids is 2. The molecule has 0 amide bonds. The average Bonchev–Trinajstić information content (AvgIpc) is 2.71. The van der Waals surface area contributed by atoms with E-state index in [0.717, 1.165) is 45.2 Å². The van der Waals surface area contributed by atoms with Gasteiger partial charge in [0.1, 0.15) is 0 Å². The van der Waals surface area contributed by atoms with Crippen LogP contribution in [0.2, 0.25) is 0 Å². The number of aldehydes is 2. The van der Waals surface area contributed by atoms with Gasteiger partial charge in [-0.25, -0.2) is 0 Å². The molecule has 0 bridgehead atoms. The van der Waals surface area contributed by atoms with Crippen molar-refractivity contribution in [3.05, 3.63) is 83.4 Å². The van der Waals surface area contributed by atoms with Crippen molar-refractivity contribution in [3.63, 3.8) is 0 Å². The summed E-state index contributed by atoms with van der Waals surface area (Å²) in [5.41, 5.74) is 4.69. The minimum absolute atomic E-state index is 0.384. The minimum Gasteiger partial charge on any atom is -0.298 e. The third-order valence-corrected chi connectivity index (χ3v) is 5.21. The van der Waals surface area contributed by atoms with Gasteiger partial charge in [-0.2, -0.15) is 0 Å². The maximum Gasteiger partial charge on any atom is 0.150 e. The molecule has 0 saturated heterocycles. The molecule has 0 spiro atoms.